The number of hydrogen-bond acceptors (Lipinski definition) is 14. The number of β-amino-alcohol motifs (C(OH)–C–C–N with tert-alkyl or cyclic N) is 1. The fourth-order valence-corrected chi connectivity index (χ4v) is 13.7. The lowest BCUT2D eigenvalue weighted by Crippen LogP contribution is -2.55. The van der Waals surface area contributed by atoms with Crippen LogP contribution in [0.25, 0.3) is 44.0 Å². The van der Waals surface area contributed by atoms with Crippen LogP contribution in [0.15, 0.2) is 53.5 Å². The Morgan fingerprint density at radius 2 is 1.74 bits per heavy atom. The van der Waals surface area contributed by atoms with E-state index in [2.05, 4.69) is 32.2 Å². The number of imidazole rings is 1. The van der Waals surface area contributed by atoms with Gasteiger partial charge in [0.15, 0.2) is 5.82 Å². The molecule has 6 aliphatic heterocycles. The summed E-state index contributed by atoms with van der Waals surface area (Å²) in [4.78, 5) is 73.9. The van der Waals surface area contributed by atoms with E-state index in [1.807, 2.05) is 17.9 Å². The van der Waals surface area contributed by atoms with E-state index >= 15 is 8.78 Å². The van der Waals surface area contributed by atoms with Crippen molar-refractivity contribution in [2.24, 2.45) is 13.0 Å². The highest BCUT2D eigenvalue weighted by Gasteiger charge is 2.50. The lowest BCUT2D eigenvalue weighted by Gasteiger charge is -2.42. The van der Waals surface area contributed by atoms with Crippen molar-refractivity contribution in [1.29, 1.82) is 0 Å². The Kier molecular flexibility index (Phi) is 13.2. The van der Waals surface area contributed by atoms with Crippen LogP contribution in [-0.2, 0) is 27.8 Å². The number of hydrogen-bond donors (Lipinski definition) is 3. The number of carbonyl (C=O) groups is 3. The van der Waals surface area contributed by atoms with Crippen LogP contribution in [0.5, 0.6) is 11.8 Å². The molecule has 3 aromatic carbocycles. The number of piperidine rings is 3. The summed E-state index contributed by atoms with van der Waals surface area (Å²) in [6.45, 7) is 9.77. The van der Waals surface area contributed by atoms with Crippen molar-refractivity contribution in [3.8, 4) is 23.0 Å². The van der Waals surface area contributed by atoms with Gasteiger partial charge < -0.3 is 34.4 Å². The fourth-order valence-electron chi connectivity index (χ4n) is 13.7. The Balaban J connectivity index is 0.671. The van der Waals surface area contributed by atoms with Crippen LogP contribution >= 0.6 is 0 Å². The van der Waals surface area contributed by atoms with Crippen molar-refractivity contribution in [3.05, 3.63) is 81.9 Å². The monoisotopic (exact) mass is 1060 g/mol. The molecular weight excluding hydrogens is 991 g/mol. The number of aromatic nitrogens is 5. The zero-order chi connectivity index (χ0) is 53.5. The molecule has 77 heavy (non-hydrogen) atoms. The number of nitrogens with zero attached hydrogens (tertiary/aromatic N) is 9. The van der Waals surface area contributed by atoms with Crippen LogP contribution in [0.1, 0.15) is 101 Å². The molecule has 12 rings (SSSR count). The van der Waals surface area contributed by atoms with Gasteiger partial charge in [-0.2, -0.15) is 9.97 Å². The van der Waals surface area contributed by atoms with E-state index in [1.165, 1.54) is 34.5 Å². The van der Waals surface area contributed by atoms with Gasteiger partial charge in [0.2, 0.25) is 11.8 Å². The number of imide groups is 1. The van der Waals surface area contributed by atoms with Crippen LogP contribution in [0.2, 0.25) is 0 Å². The first-order valence-corrected chi connectivity index (χ1v) is 27.4. The van der Waals surface area contributed by atoms with Gasteiger partial charge in [0.05, 0.1) is 27.6 Å². The summed E-state index contributed by atoms with van der Waals surface area (Å²) in [5.41, 5.74) is 1.49. The second-order valence-corrected chi connectivity index (χ2v) is 22.9. The minimum atomic E-state index is -1.00. The summed E-state index contributed by atoms with van der Waals surface area (Å²) in [7, 11) is 1.72. The first-order chi connectivity index (χ1) is 37.1. The van der Waals surface area contributed by atoms with Crippen molar-refractivity contribution >= 4 is 56.4 Å². The lowest BCUT2D eigenvalue weighted by atomic mass is 9.88. The summed E-state index contributed by atoms with van der Waals surface area (Å²) >= 11 is 0. The van der Waals surface area contributed by atoms with E-state index in [4.69, 9.17) is 19.4 Å². The summed E-state index contributed by atoms with van der Waals surface area (Å²) in [5.74, 6) is -0.990. The van der Waals surface area contributed by atoms with Crippen LogP contribution in [0.4, 0.5) is 19.4 Å². The molecule has 1 unspecified atom stereocenters. The predicted molar refractivity (Wildman–Crippen MR) is 284 cm³/mol. The molecule has 0 bridgehead atoms. The molecule has 0 spiro atoms. The van der Waals surface area contributed by atoms with Gasteiger partial charge in [-0.15, -0.1) is 0 Å². The Labute approximate surface area is 443 Å². The zero-order valence-electron chi connectivity index (χ0n) is 43.9. The van der Waals surface area contributed by atoms with E-state index < -0.39 is 29.2 Å². The topological polar surface area (TPSA) is 201 Å². The number of amides is 3. The van der Waals surface area contributed by atoms with E-state index in [-0.39, 0.29) is 84.0 Å². The van der Waals surface area contributed by atoms with Gasteiger partial charge in [0.25, 0.3) is 0 Å². The third kappa shape index (κ3) is 9.32. The number of likely N-dealkylation sites (tertiary alicyclic amines) is 2. The number of ether oxygens (including phenoxy) is 2. The average Bonchev–Trinajstić information content (AvgIpc) is 4.12. The quantitative estimate of drug-likeness (QED) is 0.109. The molecule has 6 aromatic rings. The highest BCUT2D eigenvalue weighted by Crippen LogP contribution is 2.44. The lowest BCUT2D eigenvalue weighted by molar-refractivity contribution is -0.135. The summed E-state index contributed by atoms with van der Waals surface area (Å²) in [6, 6.07) is 11.2. The highest BCUT2D eigenvalue weighted by molar-refractivity contribution is 6.02. The van der Waals surface area contributed by atoms with Crippen molar-refractivity contribution in [2.75, 3.05) is 70.5 Å². The number of phenols is 1. The SMILES string of the molecule is CCc1c(F)ccc2cc(O)cc(-c3ncc4c(N5CCC[C@@](C)(O)C5)nc(OC[C@@]56CCCN5[C@H](COC(=O)N5CC(CN7CCC(c8ccc9c(c8)n(C)c(=O)n9C8CCC(=O)NC8=O)CC7)C5)CC6)nc4c3F)c12. The molecule has 3 aromatic heterocycles. The van der Waals surface area contributed by atoms with Crippen molar-refractivity contribution < 1.29 is 42.9 Å². The Morgan fingerprint density at radius 1 is 0.935 bits per heavy atom. The Hall–Kier alpha value is -6.77. The number of carbonyl (C=O) groups excluding carboxylic acids is 3. The van der Waals surface area contributed by atoms with Crippen LogP contribution in [-0.4, -0.2) is 150 Å². The van der Waals surface area contributed by atoms with Gasteiger partial charge >= 0.3 is 17.8 Å². The molecule has 6 fully saturated rings. The molecule has 18 nitrogen and oxygen atoms in total. The standard InChI is InChI=1S/C57H66F2N10O8/c1-4-39-42(58)9-7-36-23-38(70)25-40(47(36)39)49-48(59)50-41(26-60-49)51(66-19-5-16-56(2,75)31-66)63-53(62-50)77-32-57-17-6-20-68(57)37(13-18-57)30-76-55(74)67-28-33(29-67)27-65-21-14-34(15-22-65)35-8-10-43-45(24-35)64(3)54(73)69(43)44-11-12-46(71)61-52(44)72/h7-10,23-26,33-34,37,44,70,75H,4-6,11-22,27-32H2,1-3H3,(H,61,71,72)/t37-,44?,56+,57-/m0/s1. The number of phenolic OH excluding ortho intramolecular Hbond substituents is 1. The number of pyridine rings is 1. The van der Waals surface area contributed by atoms with E-state index in [0.717, 1.165) is 70.2 Å². The van der Waals surface area contributed by atoms with Crippen LogP contribution < -0.4 is 20.6 Å². The fraction of sp³-hybridized carbons (Fsp3) is 0.526. The number of aromatic hydroxyl groups is 1. The number of aliphatic hydroxyl groups is 1. The minimum absolute atomic E-state index is 0.00366. The maximum absolute atomic E-state index is 17.2. The summed E-state index contributed by atoms with van der Waals surface area (Å²) in [5, 5.41) is 25.6. The molecule has 0 radical (unpaired) electrons. The second kappa shape index (κ2) is 19.9. The molecule has 3 amide bonds. The number of nitrogens with one attached hydrogen (secondary N) is 1. The number of aryl methyl sites for hydroxylation is 2. The number of rotatable bonds is 12. The molecule has 4 atom stereocenters. The summed E-state index contributed by atoms with van der Waals surface area (Å²) < 4.78 is 48.1. The molecule has 406 valence electrons. The van der Waals surface area contributed by atoms with Gasteiger partial charge in [-0.1, -0.05) is 19.1 Å². The smallest absolute Gasteiger partial charge is 0.409 e. The first kappa shape index (κ1) is 51.0. The Morgan fingerprint density at radius 3 is 2.52 bits per heavy atom. The average molecular weight is 1060 g/mol. The van der Waals surface area contributed by atoms with Crippen LogP contribution in [0, 0.1) is 17.6 Å². The first-order valence-electron chi connectivity index (χ1n) is 27.4. The van der Waals surface area contributed by atoms with Crippen LogP contribution in [0.3, 0.4) is 0 Å². The number of fused-ring (bicyclic) bond motifs is 4. The number of halogens is 2. The molecule has 0 aliphatic carbocycles. The molecule has 3 N–H and O–H groups in total. The second-order valence-electron chi connectivity index (χ2n) is 22.9. The normalized spacial score (nSPS) is 24.8. The van der Waals surface area contributed by atoms with E-state index in [0.29, 0.717) is 90.2 Å². The predicted octanol–water partition coefficient (Wildman–Crippen LogP) is 6.70. The van der Waals surface area contributed by atoms with Crippen molar-refractivity contribution in [3.63, 3.8) is 0 Å². The maximum Gasteiger partial charge on any atom is 0.409 e. The van der Waals surface area contributed by atoms with Gasteiger partial charge in [-0.05, 0) is 149 Å². The minimum Gasteiger partial charge on any atom is -0.508 e. The molecule has 0 saturated carbocycles. The highest BCUT2D eigenvalue weighted by atomic mass is 19.1. The van der Waals surface area contributed by atoms with Crippen molar-refractivity contribution in [2.45, 2.75) is 114 Å². The molecular formula is C57H66F2N10O8. The maximum atomic E-state index is 17.2. The van der Waals surface area contributed by atoms with Gasteiger partial charge in [-0.25, -0.2) is 18.4 Å². The zero-order valence-corrected chi connectivity index (χ0v) is 43.9. The van der Waals surface area contributed by atoms with Gasteiger partial charge in [0.1, 0.15) is 47.9 Å². The van der Waals surface area contributed by atoms with Crippen molar-refractivity contribution in [1.82, 2.24) is 44.1 Å². The third-order valence-corrected chi connectivity index (χ3v) is 17.7. The summed E-state index contributed by atoms with van der Waals surface area (Å²) in [6.07, 6.45) is 8.67. The van der Waals surface area contributed by atoms with Gasteiger partial charge in [-0.3, -0.25) is 33.9 Å². The number of benzene rings is 3. The van der Waals surface area contributed by atoms with E-state index in [1.54, 1.807) is 29.5 Å². The number of anilines is 1. The van der Waals surface area contributed by atoms with E-state index in [9.17, 15) is 29.4 Å². The third-order valence-electron chi connectivity index (χ3n) is 17.7. The largest absolute Gasteiger partial charge is 0.508 e. The van der Waals surface area contributed by atoms with Gasteiger partial charge in [0, 0.05) is 69.9 Å². The molecule has 20 heteroatoms. The molecule has 9 heterocycles. The molecule has 6 aliphatic rings. The Bertz CT molecular complexity index is 3410. The molecule has 6 saturated heterocycles.